The molecule has 214 valence electrons. The van der Waals surface area contributed by atoms with Crippen molar-refractivity contribution >= 4 is 55.1 Å². The number of aromatic nitrogens is 1. The minimum absolute atomic E-state index is 1.17. The fraction of sp³-hybridized carbons (Fsp3) is 0. The van der Waals surface area contributed by atoms with Crippen molar-refractivity contribution in [2.45, 2.75) is 9.79 Å². The number of hydrogen-bond donors (Lipinski definition) is 0. The van der Waals surface area contributed by atoms with Crippen LogP contribution in [0.2, 0.25) is 0 Å². The van der Waals surface area contributed by atoms with E-state index in [4.69, 9.17) is 0 Å². The van der Waals surface area contributed by atoms with E-state index in [-0.39, 0.29) is 0 Å². The molecule has 1 nitrogen and oxygen atoms in total. The van der Waals surface area contributed by atoms with Crippen LogP contribution >= 0.6 is 11.8 Å². The summed E-state index contributed by atoms with van der Waals surface area (Å²) in [7, 11) is 0. The van der Waals surface area contributed by atoms with E-state index in [1.165, 1.54) is 92.2 Å². The van der Waals surface area contributed by atoms with Crippen molar-refractivity contribution in [2.24, 2.45) is 0 Å². The molecule has 1 aliphatic heterocycles. The van der Waals surface area contributed by atoms with Crippen LogP contribution in [0.15, 0.2) is 174 Å². The van der Waals surface area contributed by atoms with E-state index in [9.17, 15) is 0 Å². The van der Waals surface area contributed by atoms with E-state index >= 15 is 0 Å². The standard InChI is InChI=1S/C44H27NS/c1-2-14-29(15-3-1)45-39-23-10-8-18-33(39)38-27-28-13-4-5-16-30(28)43(44(38)45)36-20-7-6-17-31(36)32-25-26-41-42-35(32)21-12-22-37(42)34-19-9-11-24-40(34)46-41/h1-27H. The van der Waals surface area contributed by atoms with Gasteiger partial charge in [0.25, 0.3) is 0 Å². The van der Waals surface area contributed by atoms with Gasteiger partial charge >= 0.3 is 0 Å². The molecule has 1 aromatic heterocycles. The van der Waals surface area contributed by atoms with Gasteiger partial charge < -0.3 is 4.57 Å². The first-order valence-electron chi connectivity index (χ1n) is 15.8. The van der Waals surface area contributed by atoms with Crippen molar-refractivity contribution in [1.82, 2.24) is 4.57 Å². The van der Waals surface area contributed by atoms with Crippen LogP contribution in [0.5, 0.6) is 0 Å². The lowest BCUT2D eigenvalue weighted by atomic mass is 9.87. The molecule has 0 saturated carbocycles. The Morgan fingerprint density at radius 3 is 1.96 bits per heavy atom. The van der Waals surface area contributed by atoms with Gasteiger partial charge in [-0.15, -0.1) is 0 Å². The number of benzene rings is 8. The number of nitrogens with zero attached hydrogens (tertiary/aromatic N) is 1. The van der Waals surface area contributed by atoms with Crippen LogP contribution in [0.1, 0.15) is 0 Å². The van der Waals surface area contributed by atoms with Gasteiger partial charge in [-0.2, -0.15) is 0 Å². The molecule has 2 heteroatoms. The van der Waals surface area contributed by atoms with E-state index in [2.05, 4.69) is 168 Å². The summed E-state index contributed by atoms with van der Waals surface area (Å²) in [5, 5.41) is 7.69. The average Bonchev–Trinajstić information content (AvgIpc) is 3.45. The van der Waals surface area contributed by atoms with Crippen molar-refractivity contribution in [1.29, 1.82) is 0 Å². The maximum absolute atomic E-state index is 2.47. The minimum atomic E-state index is 1.17. The summed E-state index contributed by atoms with van der Waals surface area (Å²) in [6, 6.07) is 60.2. The van der Waals surface area contributed by atoms with Crippen molar-refractivity contribution in [3.8, 4) is 39.1 Å². The second-order valence-electron chi connectivity index (χ2n) is 12.0. The van der Waals surface area contributed by atoms with Crippen molar-refractivity contribution in [2.75, 3.05) is 0 Å². The normalized spacial score (nSPS) is 12.3. The second-order valence-corrected chi connectivity index (χ2v) is 13.1. The minimum Gasteiger partial charge on any atom is -0.309 e. The fourth-order valence-corrected chi connectivity index (χ4v) is 8.79. The van der Waals surface area contributed by atoms with Gasteiger partial charge in [-0.1, -0.05) is 139 Å². The van der Waals surface area contributed by atoms with Gasteiger partial charge in [-0.25, -0.2) is 0 Å². The van der Waals surface area contributed by atoms with Crippen molar-refractivity contribution in [3.05, 3.63) is 164 Å². The molecule has 46 heavy (non-hydrogen) atoms. The summed E-state index contributed by atoms with van der Waals surface area (Å²) < 4.78 is 2.47. The molecule has 0 saturated heterocycles. The Labute approximate surface area is 271 Å². The van der Waals surface area contributed by atoms with Gasteiger partial charge in [0.1, 0.15) is 0 Å². The summed E-state index contributed by atoms with van der Waals surface area (Å²) in [5.41, 5.74) is 11.3. The number of hydrogen-bond acceptors (Lipinski definition) is 1. The highest BCUT2D eigenvalue weighted by atomic mass is 32.2. The van der Waals surface area contributed by atoms with Gasteiger partial charge in [-0.05, 0) is 80.4 Å². The maximum atomic E-state index is 2.47. The van der Waals surface area contributed by atoms with Crippen LogP contribution in [0, 0.1) is 0 Å². The molecule has 0 N–H and O–H groups in total. The van der Waals surface area contributed by atoms with Crippen LogP contribution < -0.4 is 0 Å². The lowest BCUT2D eigenvalue weighted by Gasteiger charge is -2.23. The number of para-hydroxylation sites is 2. The van der Waals surface area contributed by atoms with E-state index in [0.717, 1.165) is 0 Å². The highest BCUT2D eigenvalue weighted by Crippen LogP contribution is 2.51. The van der Waals surface area contributed by atoms with Gasteiger partial charge in [-0.3, -0.25) is 0 Å². The predicted molar refractivity (Wildman–Crippen MR) is 196 cm³/mol. The Kier molecular flexibility index (Phi) is 5.58. The molecule has 10 rings (SSSR count). The Morgan fingerprint density at radius 2 is 1.07 bits per heavy atom. The van der Waals surface area contributed by atoms with E-state index in [1.54, 1.807) is 0 Å². The molecular formula is C44H27NS. The highest BCUT2D eigenvalue weighted by Gasteiger charge is 2.24. The number of rotatable bonds is 3. The molecule has 0 spiro atoms. The molecule has 0 unspecified atom stereocenters. The SMILES string of the molecule is c1ccc(-n2c3ccccc3c3cc4ccccc4c(-c4ccccc4-c4ccc5c6c(cccc46)-c4ccccc4S5)c32)cc1. The van der Waals surface area contributed by atoms with Gasteiger partial charge in [0.05, 0.1) is 11.0 Å². The quantitative estimate of drug-likeness (QED) is 0.195. The second kappa shape index (κ2) is 9.97. The summed E-state index contributed by atoms with van der Waals surface area (Å²) in [6.07, 6.45) is 0. The third kappa shape index (κ3) is 3.65. The third-order valence-electron chi connectivity index (χ3n) is 9.58. The average molecular weight is 602 g/mol. The van der Waals surface area contributed by atoms with Crippen molar-refractivity contribution < 1.29 is 0 Å². The molecule has 2 heterocycles. The lowest BCUT2D eigenvalue weighted by Crippen LogP contribution is -1.97. The third-order valence-corrected chi connectivity index (χ3v) is 10.7. The monoisotopic (exact) mass is 601 g/mol. The van der Waals surface area contributed by atoms with Gasteiger partial charge in [0.2, 0.25) is 0 Å². The summed E-state index contributed by atoms with van der Waals surface area (Å²) in [5.74, 6) is 0. The zero-order valence-electron chi connectivity index (χ0n) is 24.9. The number of fused-ring (bicyclic) bond motifs is 6. The van der Waals surface area contributed by atoms with Crippen LogP contribution in [-0.2, 0) is 0 Å². The zero-order chi connectivity index (χ0) is 30.2. The van der Waals surface area contributed by atoms with Crippen molar-refractivity contribution in [3.63, 3.8) is 0 Å². The van der Waals surface area contributed by atoms with Gasteiger partial charge in [0.15, 0.2) is 0 Å². The highest BCUT2D eigenvalue weighted by molar-refractivity contribution is 7.99. The Morgan fingerprint density at radius 1 is 0.391 bits per heavy atom. The smallest absolute Gasteiger partial charge is 0.0626 e. The summed E-state index contributed by atoms with van der Waals surface area (Å²) >= 11 is 1.88. The van der Waals surface area contributed by atoms with Gasteiger partial charge in [0, 0.05) is 37.2 Å². The Hall–Kier alpha value is -5.57. The largest absolute Gasteiger partial charge is 0.309 e. The maximum Gasteiger partial charge on any atom is 0.0626 e. The topological polar surface area (TPSA) is 4.93 Å². The summed E-state index contributed by atoms with van der Waals surface area (Å²) in [6.45, 7) is 0. The Bertz CT molecular complexity index is 2660. The molecule has 0 bridgehead atoms. The molecule has 1 aliphatic rings. The first-order chi connectivity index (χ1) is 22.8. The molecule has 9 aromatic rings. The molecule has 0 radical (unpaired) electrons. The molecule has 0 aliphatic carbocycles. The van der Waals surface area contributed by atoms with Crippen LogP contribution in [0.3, 0.4) is 0 Å². The lowest BCUT2D eigenvalue weighted by molar-refractivity contribution is 1.18. The molecular weight excluding hydrogens is 575 g/mol. The molecule has 8 aromatic carbocycles. The van der Waals surface area contributed by atoms with Crippen LogP contribution in [0.25, 0.3) is 82.4 Å². The summed E-state index contributed by atoms with van der Waals surface area (Å²) in [4.78, 5) is 2.64. The fourth-order valence-electron chi connectivity index (χ4n) is 7.66. The predicted octanol–water partition coefficient (Wildman–Crippen LogP) is 12.6. The zero-order valence-corrected chi connectivity index (χ0v) is 25.8. The van der Waals surface area contributed by atoms with E-state index < -0.39 is 0 Å². The Balaban J connectivity index is 1.35. The molecule has 0 amide bonds. The first kappa shape index (κ1) is 25.7. The molecule has 0 atom stereocenters. The van der Waals surface area contributed by atoms with Crippen LogP contribution in [-0.4, -0.2) is 4.57 Å². The molecule has 0 fully saturated rings. The van der Waals surface area contributed by atoms with E-state index in [0.29, 0.717) is 0 Å². The van der Waals surface area contributed by atoms with Crippen LogP contribution in [0.4, 0.5) is 0 Å². The van der Waals surface area contributed by atoms with E-state index in [1.807, 2.05) is 11.8 Å². The first-order valence-corrected chi connectivity index (χ1v) is 16.6.